The predicted molar refractivity (Wildman–Crippen MR) is 79.4 cm³/mol. The highest BCUT2D eigenvalue weighted by molar-refractivity contribution is 5.83. The van der Waals surface area contributed by atoms with Gasteiger partial charge in [-0.15, -0.1) is 0 Å². The smallest absolute Gasteiger partial charge is 0.352 e. The van der Waals surface area contributed by atoms with E-state index in [1.807, 2.05) is 0 Å². The summed E-state index contributed by atoms with van der Waals surface area (Å²) in [5.74, 6) is -0.405. The highest BCUT2D eigenvalue weighted by atomic mass is 19.4. The lowest BCUT2D eigenvalue weighted by Crippen LogP contribution is -2.36. The molecule has 2 nitrogen and oxygen atoms in total. The highest BCUT2D eigenvalue weighted by Gasteiger charge is 2.39. The molecule has 0 aromatic heterocycles. The minimum atomic E-state index is -4.91. The van der Waals surface area contributed by atoms with Crippen LogP contribution in [0.2, 0.25) is 0 Å². The first-order valence-electron chi connectivity index (χ1n) is 7.54. The lowest BCUT2D eigenvalue weighted by atomic mass is 9.87. The van der Waals surface area contributed by atoms with Gasteiger partial charge in [0.05, 0.1) is 16.5 Å². The SMILES string of the molecule is C=C1CCC(C)(C(=O)NCc2cc(C(F)(F)F)cc(C(F)(F)F)c2)C1. The number of benzene rings is 1. The molecule has 0 radical (unpaired) electrons. The summed E-state index contributed by atoms with van der Waals surface area (Å²) in [7, 11) is 0. The molecule has 1 N–H and O–H groups in total. The van der Waals surface area contributed by atoms with Crippen LogP contribution < -0.4 is 5.32 Å². The highest BCUT2D eigenvalue weighted by Crippen LogP contribution is 2.40. The van der Waals surface area contributed by atoms with Crippen molar-refractivity contribution >= 4 is 5.91 Å². The maximum atomic E-state index is 12.8. The molecule has 0 spiro atoms. The zero-order valence-corrected chi connectivity index (χ0v) is 13.4. The Morgan fingerprint density at radius 2 is 1.64 bits per heavy atom. The number of halogens is 6. The molecule has 0 saturated heterocycles. The van der Waals surface area contributed by atoms with Gasteiger partial charge in [-0.05, 0) is 43.0 Å². The van der Waals surface area contributed by atoms with E-state index in [0.717, 1.165) is 5.57 Å². The summed E-state index contributed by atoms with van der Waals surface area (Å²) in [6, 6.07) is 1.30. The van der Waals surface area contributed by atoms with Gasteiger partial charge in [0.2, 0.25) is 5.91 Å². The third-order valence-electron chi connectivity index (χ3n) is 4.32. The summed E-state index contributed by atoms with van der Waals surface area (Å²) in [5.41, 5.74) is -2.88. The van der Waals surface area contributed by atoms with Crippen LogP contribution in [0.1, 0.15) is 42.9 Å². The summed E-state index contributed by atoms with van der Waals surface area (Å²) in [5, 5.41) is 2.44. The van der Waals surface area contributed by atoms with Crippen molar-refractivity contribution in [1.29, 1.82) is 0 Å². The molecule has 138 valence electrons. The summed E-state index contributed by atoms with van der Waals surface area (Å²) >= 11 is 0. The number of nitrogens with one attached hydrogen (secondary N) is 1. The van der Waals surface area contributed by atoms with Crippen LogP contribution in [-0.2, 0) is 23.7 Å². The number of amides is 1. The molecule has 2 rings (SSSR count). The van der Waals surface area contributed by atoms with Gasteiger partial charge >= 0.3 is 12.4 Å². The van der Waals surface area contributed by atoms with Gasteiger partial charge in [0.15, 0.2) is 0 Å². The zero-order chi connectivity index (χ0) is 19.0. The maximum absolute atomic E-state index is 12.8. The molecule has 1 saturated carbocycles. The fourth-order valence-corrected chi connectivity index (χ4v) is 2.89. The van der Waals surface area contributed by atoms with Gasteiger partial charge in [-0.1, -0.05) is 19.1 Å². The Kier molecular flexibility index (Phi) is 4.94. The van der Waals surface area contributed by atoms with Crippen molar-refractivity contribution in [3.05, 3.63) is 47.0 Å². The Bertz CT molecular complexity index is 659. The number of allylic oxidation sites excluding steroid dienone is 1. The monoisotopic (exact) mass is 365 g/mol. The van der Waals surface area contributed by atoms with Gasteiger partial charge in [-0.3, -0.25) is 4.79 Å². The predicted octanol–water partition coefficient (Wildman–Crippen LogP) is 5.09. The molecule has 0 aliphatic heterocycles. The zero-order valence-electron chi connectivity index (χ0n) is 13.4. The van der Waals surface area contributed by atoms with Crippen LogP contribution in [0, 0.1) is 5.41 Å². The Morgan fingerprint density at radius 1 is 1.12 bits per heavy atom. The van der Waals surface area contributed by atoms with Crippen LogP contribution in [-0.4, -0.2) is 5.91 Å². The number of hydrogen-bond donors (Lipinski definition) is 1. The van der Waals surface area contributed by atoms with Gasteiger partial charge in [0.25, 0.3) is 0 Å². The molecule has 1 aliphatic rings. The van der Waals surface area contributed by atoms with E-state index in [2.05, 4.69) is 11.9 Å². The topological polar surface area (TPSA) is 29.1 Å². The number of alkyl halides is 6. The molecule has 0 bridgehead atoms. The molecule has 1 aromatic carbocycles. The second kappa shape index (κ2) is 6.38. The van der Waals surface area contributed by atoms with Crippen LogP contribution in [0.4, 0.5) is 26.3 Å². The average molecular weight is 365 g/mol. The van der Waals surface area contributed by atoms with Gasteiger partial charge in [0.1, 0.15) is 0 Å². The second-order valence-corrected chi connectivity index (χ2v) is 6.58. The molecule has 8 heteroatoms. The largest absolute Gasteiger partial charge is 0.416 e. The summed E-state index contributed by atoms with van der Waals surface area (Å²) in [6.07, 6.45) is -8.14. The fourth-order valence-electron chi connectivity index (χ4n) is 2.89. The summed E-state index contributed by atoms with van der Waals surface area (Å²) < 4.78 is 76.9. The molecule has 1 aromatic rings. The first-order chi connectivity index (χ1) is 11.3. The van der Waals surface area contributed by atoms with Crippen molar-refractivity contribution in [3.63, 3.8) is 0 Å². The lowest BCUT2D eigenvalue weighted by Gasteiger charge is -2.22. The van der Waals surface area contributed by atoms with Crippen LogP contribution in [0.25, 0.3) is 0 Å². The van der Waals surface area contributed by atoms with Crippen molar-refractivity contribution in [2.24, 2.45) is 5.41 Å². The van der Waals surface area contributed by atoms with Crippen LogP contribution in [0.3, 0.4) is 0 Å². The van der Waals surface area contributed by atoms with E-state index in [-0.39, 0.29) is 11.6 Å². The molecule has 1 fully saturated rings. The molecule has 1 amide bonds. The summed E-state index contributed by atoms with van der Waals surface area (Å²) in [6.45, 7) is 5.09. The van der Waals surface area contributed by atoms with Crippen molar-refractivity contribution in [3.8, 4) is 0 Å². The quantitative estimate of drug-likeness (QED) is 0.587. The molecule has 0 heterocycles. The molecule has 1 aliphatic carbocycles. The normalized spacial score (nSPS) is 21.5. The van der Waals surface area contributed by atoms with E-state index >= 15 is 0 Å². The van der Waals surface area contributed by atoms with E-state index in [1.165, 1.54) is 0 Å². The van der Waals surface area contributed by atoms with Crippen molar-refractivity contribution in [2.45, 2.75) is 45.1 Å². The van der Waals surface area contributed by atoms with Gasteiger partial charge in [-0.25, -0.2) is 0 Å². The van der Waals surface area contributed by atoms with E-state index < -0.39 is 41.3 Å². The Balaban J connectivity index is 2.21. The molecule has 25 heavy (non-hydrogen) atoms. The summed E-state index contributed by atoms with van der Waals surface area (Å²) in [4.78, 5) is 12.3. The lowest BCUT2D eigenvalue weighted by molar-refractivity contribution is -0.143. The Hall–Kier alpha value is -1.99. The first-order valence-corrected chi connectivity index (χ1v) is 7.54. The first kappa shape index (κ1) is 19.3. The molecular formula is C17H17F6NO. The third kappa shape index (κ3) is 4.55. The van der Waals surface area contributed by atoms with Crippen LogP contribution >= 0.6 is 0 Å². The number of hydrogen-bond acceptors (Lipinski definition) is 1. The van der Waals surface area contributed by atoms with Crippen LogP contribution in [0.15, 0.2) is 30.4 Å². The van der Waals surface area contributed by atoms with Gasteiger partial charge in [-0.2, -0.15) is 26.3 Å². The third-order valence-corrected chi connectivity index (χ3v) is 4.32. The average Bonchev–Trinajstić information content (AvgIpc) is 2.83. The van der Waals surface area contributed by atoms with E-state index in [0.29, 0.717) is 31.4 Å². The second-order valence-electron chi connectivity index (χ2n) is 6.58. The van der Waals surface area contributed by atoms with Gasteiger partial charge in [0, 0.05) is 6.54 Å². The van der Waals surface area contributed by atoms with Crippen molar-refractivity contribution < 1.29 is 31.1 Å². The number of carbonyl (C=O) groups excluding carboxylic acids is 1. The fraction of sp³-hybridized carbons (Fsp3) is 0.471. The Labute approximate surface area is 140 Å². The van der Waals surface area contributed by atoms with Gasteiger partial charge < -0.3 is 5.32 Å². The van der Waals surface area contributed by atoms with Crippen LogP contribution in [0.5, 0.6) is 0 Å². The number of carbonyl (C=O) groups is 1. The molecule has 1 atom stereocenters. The van der Waals surface area contributed by atoms with Crippen molar-refractivity contribution in [1.82, 2.24) is 5.32 Å². The van der Waals surface area contributed by atoms with E-state index in [1.54, 1.807) is 6.92 Å². The van der Waals surface area contributed by atoms with E-state index in [9.17, 15) is 31.1 Å². The van der Waals surface area contributed by atoms with Crippen molar-refractivity contribution in [2.75, 3.05) is 0 Å². The standard InChI is InChI=1S/C17H17F6NO/c1-10-3-4-15(2,8-10)14(25)24-9-11-5-12(16(18,19)20)7-13(6-11)17(21,22)23/h5-7H,1,3-4,8-9H2,2H3,(H,24,25). The minimum Gasteiger partial charge on any atom is -0.352 e. The molecular weight excluding hydrogens is 348 g/mol. The molecule has 1 unspecified atom stereocenters. The maximum Gasteiger partial charge on any atom is 0.416 e. The minimum absolute atomic E-state index is 0.0631. The van der Waals surface area contributed by atoms with E-state index in [4.69, 9.17) is 0 Å². The Morgan fingerprint density at radius 3 is 2.04 bits per heavy atom. The number of rotatable bonds is 3.